The first-order valence-corrected chi connectivity index (χ1v) is 7.93. The number of carbonyl (C=O) groups is 1. The number of hydrogen-bond acceptors (Lipinski definition) is 5. The predicted molar refractivity (Wildman–Crippen MR) is 77.6 cm³/mol. The van der Waals surface area contributed by atoms with Crippen LogP contribution in [0.4, 0.5) is 0 Å². The predicted octanol–water partition coefficient (Wildman–Crippen LogP) is 2.84. The maximum absolute atomic E-state index is 11.0. The Labute approximate surface area is 125 Å². The molecule has 0 aliphatic heterocycles. The van der Waals surface area contributed by atoms with Crippen molar-refractivity contribution in [2.24, 2.45) is 11.7 Å². The van der Waals surface area contributed by atoms with Crippen molar-refractivity contribution in [3.8, 4) is 0 Å². The highest BCUT2D eigenvalue weighted by atomic mass is 16.5. The zero-order chi connectivity index (χ0) is 15.1. The van der Waals surface area contributed by atoms with Gasteiger partial charge in [-0.1, -0.05) is 50.1 Å². The molecule has 1 aromatic rings. The summed E-state index contributed by atoms with van der Waals surface area (Å²) < 4.78 is 5.16. The van der Waals surface area contributed by atoms with Gasteiger partial charge in [0.2, 0.25) is 5.89 Å². The number of nitrogens with zero attached hydrogens (tertiary/aromatic N) is 2. The summed E-state index contributed by atoms with van der Waals surface area (Å²) >= 11 is 0. The van der Waals surface area contributed by atoms with Gasteiger partial charge in [-0.25, -0.2) is 0 Å². The molecule has 1 heterocycles. The fourth-order valence-corrected chi connectivity index (χ4v) is 3.17. The smallest absolute Gasteiger partial charge is 0.304 e. The molecule has 1 saturated carbocycles. The number of hydrogen-bond donors (Lipinski definition) is 2. The third-order valence-electron chi connectivity index (χ3n) is 4.33. The summed E-state index contributed by atoms with van der Waals surface area (Å²) in [5, 5.41) is 12.8. The van der Waals surface area contributed by atoms with E-state index >= 15 is 0 Å². The summed E-state index contributed by atoms with van der Waals surface area (Å²) in [6, 6.07) is 0. The maximum Gasteiger partial charge on any atom is 0.304 e. The molecule has 0 radical (unpaired) electrons. The van der Waals surface area contributed by atoms with Crippen LogP contribution in [0.25, 0.3) is 0 Å². The molecule has 6 nitrogen and oxygen atoms in total. The summed E-state index contributed by atoms with van der Waals surface area (Å²) in [6.45, 7) is 0.214. The average Bonchev–Trinajstić information content (AvgIpc) is 2.96. The third kappa shape index (κ3) is 5.12. The molecule has 118 valence electrons. The van der Waals surface area contributed by atoms with Crippen molar-refractivity contribution in [1.29, 1.82) is 0 Å². The summed E-state index contributed by atoms with van der Waals surface area (Å²) in [5.74, 6) is 0.643. The second-order valence-corrected chi connectivity index (χ2v) is 5.98. The minimum Gasteiger partial charge on any atom is -0.481 e. The Kier molecular flexibility index (Phi) is 6.17. The van der Waals surface area contributed by atoms with Crippen LogP contribution in [0.1, 0.15) is 75.4 Å². The number of rotatable bonds is 8. The highest BCUT2D eigenvalue weighted by Gasteiger charge is 2.22. The number of carboxylic acid groups (broad SMARTS) is 1. The Morgan fingerprint density at radius 3 is 2.76 bits per heavy atom. The molecule has 2 rings (SSSR count). The van der Waals surface area contributed by atoms with Gasteiger partial charge < -0.3 is 15.4 Å². The molecule has 21 heavy (non-hydrogen) atoms. The second kappa shape index (κ2) is 8.12. The van der Waals surface area contributed by atoms with E-state index in [1.807, 2.05) is 0 Å². The van der Waals surface area contributed by atoms with Crippen molar-refractivity contribution >= 4 is 5.97 Å². The van der Waals surface area contributed by atoms with Crippen LogP contribution in [0.3, 0.4) is 0 Å². The van der Waals surface area contributed by atoms with E-state index in [0.29, 0.717) is 11.7 Å². The molecule has 0 bridgehead atoms. The second-order valence-electron chi connectivity index (χ2n) is 5.98. The Morgan fingerprint density at radius 1 is 1.38 bits per heavy atom. The van der Waals surface area contributed by atoms with Crippen molar-refractivity contribution in [3.63, 3.8) is 0 Å². The van der Waals surface area contributed by atoms with Crippen molar-refractivity contribution in [1.82, 2.24) is 10.1 Å². The lowest BCUT2D eigenvalue weighted by Crippen LogP contribution is -2.10. The van der Waals surface area contributed by atoms with Crippen molar-refractivity contribution in [2.75, 3.05) is 0 Å². The van der Waals surface area contributed by atoms with Gasteiger partial charge in [0.1, 0.15) is 0 Å². The number of aliphatic carboxylic acids is 1. The zero-order valence-electron chi connectivity index (χ0n) is 12.5. The van der Waals surface area contributed by atoms with Gasteiger partial charge in [-0.2, -0.15) is 4.98 Å². The lowest BCUT2D eigenvalue weighted by Gasteiger charge is -2.21. The van der Waals surface area contributed by atoms with Crippen molar-refractivity contribution in [2.45, 2.75) is 70.3 Å². The lowest BCUT2D eigenvalue weighted by atomic mass is 9.84. The topological polar surface area (TPSA) is 102 Å². The van der Waals surface area contributed by atoms with Crippen LogP contribution in [0, 0.1) is 5.92 Å². The molecule has 3 N–H and O–H groups in total. The third-order valence-corrected chi connectivity index (χ3v) is 4.33. The van der Waals surface area contributed by atoms with Gasteiger partial charge in [0.05, 0.1) is 13.0 Å². The molecule has 0 saturated heterocycles. The van der Waals surface area contributed by atoms with Gasteiger partial charge in [-0.05, 0) is 12.3 Å². The minimum atomic E-state index is -0.829. The van der Waals surface area contributed by atoms with Crippen LogP contribution in [0.5, 0.6) is 0 Å². The Bertz CT molecular complexity index is 441. The Hall–Kier alpha value is -1.43. The molecule has 1 aliphatic rings. The van der Waals surface area contributed by atoms with Crippen molar-refractivity contribution < 1.29 is 14.4 Å². The standard InChI is InChI=1S/C15H25N3O3/c16-10-13-17-15(21-18-13)12(9-14(19)20)8-4-7-11-5-2-1-3-6-11/h11-12H,1-10,16H2,(H,19,20)/t12-/m1/s1. The number of aromatic nitrogens is 2. The normalized spacial score (nSPS) is 17.8. The van der Waals surface area contributed by atoms with E-state index in [4.69, 9.17) is 15.4 Å². The number of nitrogens with two attached hydrogens (primary N) is 1. The van der Waals surface area contributed by atoms with Crippen LogP contribution in [0.2, 0.25) is 0 Å². The first-order valence-electron chi connectivity index (χ1n) is 7.93. The summed E-state index contributed by atoms with van der Waals surface area (Å²) in [6.07, 6.45) is 9.70. The average molecular weight is 295 g/mol. The van der Waals surface area contributed by atoms with E-state index in [1.165, 1.54) is 38.5 Å². The van der Waals surface area contributed by atoms with Crippen LogP contribution in [0.15, 0.2) is 4.52 Å². The highest BCUT2D eigenvalue weighted by molar-refractivity contribution is 5.67. The first-order chi connectivity index (χ1) is 10.2. The van der Waals surface area contributed by atoms with Crippen LogP contribution in [-0.4, -0.2) is 21.2 Å². The van der Waals surface area contributed by atoms with Crippen LogP contribution in [-0.2, 0) is 11.3 Å². The molecular weight excluding hydrogens is 270 g/mol. The first kappa shape index (κ1) is 15.9. The molecule has 1 fully saturated rings. The molecule has 1 aromatic heterocycles. The van der Waals surface area contributed by atoms with Gasteiger partial charge >= 0.3 is 5.97 Å². The van der Waals surface area contributed by atoms with E-state index in [-0.39, 0.29) is 18.9 Å². The van der Waals surface area contributed by atoms with Crippen LogP contribution < -0.4 is 5.73 Å². The highest BCUT2D eigenvalue weighted by Crippen LogP contribution is 2.30. The SMILES string of the molecule is NCc1noc([C@H](CCCC2CCCCC2)CC(=O)O)n1. The summed E-state index contributed by atoms with van der Waals surface area (Å²) in [7, 11) is 0. The molecule has 0 aromatic carbocycles. The fraction of sp³-hybridized carbons (Fsp3) is 0.800. The van der Waals surface area contributed by atoms with E-state index in [2.05, 4.69) is 10.1 Å². The summed E-state index contributed by atoms with van der Waals surface area (Å²) in [4.78, 5) is 15.2. The molecule has 0 unspecified atom stereocenters. The van der Waals surface area contributed by atoms with E-state index < -0.39 is 5.97 Å². The van der Waals surface area contributed by atoms with Gasteiger partial charge in [-0.15, -0.1) is 0 Å². The summed E-state index contributed by atoms with van der Waals surface area (Å²) in [5.41, 5.74) is 5.46. The largest absolute Gasteiger partial charge is 0.481 e. The van der Waals surface area contributed by atoms with E-state index in [9.17, 15) is 4.79 Å². The van der Waals surface area contributed by atoms with Crippen LogP contribution >= 0.6 is 0 Å². The molecule has 1 atom stereocenters. The molecular formula is C15H25N3O3. The van der Waals surface area contributed by atoms with Gasteiger partial charge in [0, 0.05) is 5.92 Å². The van der Waals surface area contributed by atoms with E-state index in [0.717, 1.165) is 18.8 Å². The Morgan fingerprint density at radius 2 is 2.14 bits per heavy atom. The Balaban J connectivity index is 1.85. The lowest BCUT2D eigenvalue weighted by molar-refractivity contribution is -0.137. The zero-order valence-corrected chi connectivity index (χ0v) is 12.5. The quantitative estimate of drug-likeness (QED) is 0.764. The molecule has 0 spiro atoms. The minimum absolute atomic E-state index is 0.0386. The monoisotopic (exact) mass is 295 g/mol. The van der Waals surface area contributed by atoms with E-state index in [1.54, 1.807) is 0 Å². The fourth-order valence-electron chi connectivity index (χ4n) is 3.17. The number of carboxylic acids is 1. The molecule has 0 amide bonds. The van der Waals surface area contributed by atoms with Gasteiger partial charge in [0.25, 0.3) is 0 Å². The van der Waals surface area contributed by atoms with Gasteiger partial charge in [-0.3, -0.25) is 4.79 Å². The molecule has 1 aliphatic carbocycles. The maximum atomic E-state index is 11.0. The van der Waals surface area contributed by atoms with Crippen molar-refractivity contribution in [3.05, 3.63) is 11.7 Å². The molecule has 6 heteroatoms. The van der Waals surface area contributed by atoms with Gasteiger partial charge in [0.15, 0.2) is 5.82 Å².